The quantitative estimate of drug-likeness (QED) is 0.842. The van der Waals surface area contributed by atoms with E-state index in [1.165, 1.54) is 4.88 Å². The first-order valence-electron chi connectivity index (χ1n) is 7.46. The largest absolute Gasteiger partial charge is 0.496 e. The Kier molecular flexibility index (Phi) is 5.85. The Morgan fingerprint density at radius 1 is 1.04 bits per heavy atom. The summed E-state index contributed by atoms with van der Waals surface area (Å²) in [6.45, 7) is 4.64. The summed E-state index contributed by atoms with van der Waals surface area (Å²) < 4.78 is 16.2. The summed E-state index contributed by atoms with van der Waals surface area (Å²) in [5.41, 5.74) is 8.11. The molecule has 0 bridgehead atoms. The minimum atomic E-state index is 0.152. The molecule has 2 N–H and O–H groups in total. The van der Waals surface area contributed by atoms with Crippen LogP contribution >= 0.6 is 11.3 Å². The maximum absolute atomic E-state index is 6.00. The first-order valence-corrected chi connectivity index (χ1v) is 8.28. The van der Waals surface area contributed by atoms with Crippen molar-refractivity contribution in [1.82, 2.24) is 4.98 Å². The Bertz CT molecular complexity index is 651. The van der Waals surface area contributed by atoms with Gasteiger partial charge in [0.05, 0.1) is 32.0 Å². The third-order valence-electron chi connectivity index (χ3n) is 3.93. The van der Waals surface area contributed by atoms with E-state index in [0.29, 0.717) is 18.0 Å². The van der Waals surface area contributed by atoms with Gasteiger partial charge in [0.15, 0.2) is 11.5 Å². The van der Waals surface area contributed by atoms with Gasteiger partial charge in [-0.2, -0.15) is 0 Å². The SMILES string of the molecule is COc1cc(OC)c(OC)cc1CC(CN)c1nc(C)c(C)s1. The van der Waals surface area contributed by atoms with Gasteiger partial charge in [-0.15, -0.1) is 11.3 Å². The molecule has 1 atom stereocenters. The zero-order valence-electron chi connectivity index (χ0n) is 14.3. The van der Waals surface area contributed by atoms with E-state index in [4.69, 9.17) is 19.9 Å². The van der Waals surface area contributed by atoms with Crippen LogP contribution in [0.15, 0.2) is 12.1 Å². The average Bonchev–Trinajstić information content (AvgIpc) is 2.90. The lowest BCUT2D eigenvalue weighted by atomic mass is 9.98. The lowest BCUT2D eigenvalue weighted by Crippen LogP contribution is -2.15. The molecule has 0 amide bonds. The highest BCUT2D eigenvalue weighted by atomic mass is 32.1. The van der Waals surface area contributed by atoms with E-state index in [1.54, 1.807) is 32.7 Å². The first-order chi connectivity index (χ1) is 11.0. The van der Waals surface area contributed by atoms with Gasteiger partial charge in [-0.3, -0.25) is 0 Å². The van der Waals surface area contributed by atoms with Crippen molar-refractivity contribution in [2.45, 2.75) is 26.2 Å². The van der Waals surface area contributed by atoms with Crippen molar-refractivity contribution in [2.24, 2.45) is 5.73 Å². The fourth-order valence-electron chi connectivity index (χ4n) is 2.46. The van der Waals surface area contributed by atoms with Gasteiger partial charge >= 0.3 is 0 Å². The van der Waals surface area contributed by atoms with Gasteiger partial charge in [-0.05, 0) is 31.9 Å². The zero-order valence-corrected chi connectivity index (χ0v) is 15.1. The second kappa shape index (κ2) is 7.66. The lowest BCUT2D eigenvalue weighted by molar-refractivity contribution is 0.347. The third-order valence-corrected chi connectivity index (χ3v) is 5.17. The molecule has 6 heteroatoms. The average molecular weight is 336 g/mol. The van der Waals surface area contributed by atoms with E-state index in [9.17, 15) is 0 Å². The lowest BCUT2D eigenvalue weighted by Gasteiger charge is -2.17. The summed E-state index contributed by atoms with van der Waals surface area (Å²) in [5.74, 6) is 2.26. The number of ether oxygens (including phenoxy) is 3. The van der Waals surface area contributed by atoms with Crippen LogP contribution in [0.2, 0.25) is 0 Å². The van der Waals surface area contributed by atoms with E-state index < -0.39 is 0 Å². The van der Waals surface area contributed by atoms with Gasteiger partial charge in [0.2, 0.25) is 0 Å². The molecule has 0 saturated carbocycles. The molecule has 1 heterocycles. The number of nitrogens with two attached hydrogens (primary N) is 1. The number of aryl methyl sites for hydroxylation is 2. The predicted molar refractivity (Wildman–Crippen MR) is 93.2 cm³/mol. The molecule has 1 unspecified atom stereocenters. The summed E-state index contributed by atoms with van der Waals surface area (Å²) >= 11 is 1.71. The van der Waals surface area contributed by atoms with Crippen LogP contribution in [0.5, 0.6) is 17.2 Å². The Balaban J connectivity index is 2.36. The Hall–Kier alpha value is -1.79. The molecule has 23 heavy (non-hydrogen) atoms. The van der Waals surface area contributed by atoms with Crippen molar-refractivity contribution in [2.75, 3.05) is 27.9 Å². The zero-order chi connectivity index (χ0) is 17.0. The maximum atomic E-state index is 6.00. The molecule has 0 aliphatic rings. The van der Waals surface area contributed by atoms with E-state index >= 15 is 0 Å². The van der Waals surface area contributed by atoms with Gasteiger partial charge in [0.1, 0.15) is 5.75 Å². The second-order valence-corrected chi connectivity index (χ2v) is 6.58. The molecule has 0 radical (unpaired) electrons. The number of benzene rings is 1. The van der Waals surface area contributed by atoms with Crippen molar-refractivity contribution in [3.63, 3.8) is 0 Å². The molecule has 0 spiro atoms. The summed E-state index contributed by atoms with van der Waals surface area (Å²) in [4.78, 5) is 5.89. The number of methoxy groups -OCH3 is 3. The predicted octanol–water partition coefficient (Wildman–Crippen LogP) is 3.07. The molecule has 2 aromatic rings. The Morgan fingerprint density at radius 3 is 2.13 bits per heavy atom. The molecule has 2 rings (SSSR count). The fraction of sp³-hybridized carbons (Fsp3) is 0.471. The topological polar surface area (TPSA) is 66.6 Å². The molecule has 0 saturated heterocycles. The van der Waals surface area contributed by atoms with Gasteiger partial charge in [0, 0.05) is 23.4 Å². The number of aromatic nitrogens is 1. The van der Waals surface area contributed by atoms with Crippen LogP contribution in [0, 0.1) is 13.8 Å². The van der Waals surface area contributed by atoms with Crippen LogP contribution in [0.25, 0.3) is 0 Å². The van der Waals surface area contributed by atoms with Gasteiger partial charge in [-0.1, -0.05) is 0 Å². The number of rotatable bonds is 7. The molecule has 0 aliphatic carbocycles. The smallest absolute Gasteiger partial charge is 0.164 e. The first kappa shape index (κ1) is 17.6. The molecular formula is C17H24N2O3S. The van der Waals surface area contributed by atoms with E-state index in [-0.39, 0.29) is 5.92 Å². The molecule has 0 fully saturated rings. The van der Waals surface area contributed by atoms with E-state index in [1.807, 2.05) is 19.1 Å². The van der Waals surface area contributed by atoms with Crippen LogP contribution in [-0.4, -0.2) is 32.9 Å². The summed E-state index contributed by atoms with van der Waals surface area (Å²) in [6, 6.07) is 3.80. The number of thiazole rings is 1. The van der Waals surface area contributed by atoms with Gasteiger partial charge in [0.25, 0.3) is 0 Å². The highest BCUT2D eigenvalue weighted by Gasteiger charge is 2.20. The highest BCUT2D eigenvalue weighted by Crippen LogP contribution is 2.37. The molecule has 1 aromatic heterocycles. The van der Waals surface area contributed by atoms with Crippen LogP contribution in [-0.2, 0) is 6.42 Å². The van der Waals surface area contributed by atoms with Gasteiger partial charge < -0.3 is 19.9 Å². The van der Waals surface area contributed by atoms with Crippen molar-refractivity contribution in [3.8, 4) is 17.2 Å². The van der Waals surface area contributed by atoms with E-state index in [2.05, 4.69) is 11.9 Å². The van der Waals surface area contributed by atoms with Crippen molar-refractivity contribution in [1.29, 1.82) is 0 Å². The van der Waals surface area contributed by atoms with Crippen molar-refractivity contribution >= 4 is 11.3 Å². The van der Waals surface area contributed by atoms with Crippen LogP contribution < -0.4 is 19.9 Å². The third kappa shape index (κ3) is 3.76. The summed E-state index contributed by atoms with van der Waals surface area (Å²) in [6.07, 6.45) is 0.742. The Labute approximate surface area is 141 Å². The summed E-state index contributed by atoms with van der Waals surface area (Å²) in [7, 11) is 4.89. The van der Waals surface area contributed by atoms with Crippen LogP contribution in [0.1, 0.15) is 27.1 Å². The molecule has 126 valence electrons. The van der Waals surface area contributed by atoms with Gasteiger partial charge in [-0.25, -0.2) is 4.98 Å². The fourth-order valence-corrected chi connectivity index (χ4v) is 3.50. The standard InChI is InChI=1S/C17H24N2O3S/c1-10-11(2)23-17(19-10)13(9-18)6-12-7-15(21-4)16(22-5)8-14(12)20-3/h7-8,13H,6,9,18H2,1-5H3. The number of nitrogens with zero attached hydrogens (tertiary/aromatic N) is 1. The molecule has 1 aromatic carbocycles. The van der Waals surface area contributed by atoms with E-state index in [0.717, 1.165) is 28.4 Å². The molecule has 0 aliphatic heterocycles. The monoisotopic (exact) mass is 336 g/mol. The minimum absolute atomic E-state index is 0.152. The second-order valence-electron chi connectivity index (χ2n) is 5.35. The normalized spacial score (nSPS) is 12.1. The van der Waals surface area contributed by atoms with Crippen molar-refractivity contribution in [3.05, 3.63) is 33.3 Å². The molecular weight excluding hydrogens is 312 g/mol. The van der Waals surface area contributed by atoms with Crippen LogP contribution in [0.3, 0.4) is 0 Å². The Morgan fingerprint density at radius 2 is 1.65 bits per heavy atom. The maximum Gasteiger partial charge on any atom is 0.164 e. The number of hydrogen-bond donors (Lipinski definition) is 1. The molecule has 5 nitrogen and oxygen atoms in total. The number of hydrogen-bond acceptors (Lipinski definition) is 6. The van der Waals surface area contributed by atoms with Crippen molar-refractivity contribution < 1.29 is 14.2 Å². The van der Waals surface area contributed by atoms with Crippen LogP contribution in [0.4, 0.5) is 0 Å². The highest BCUT2D eigenvalue weighted by molar-refractivity contribution is 7.11. The summed E-state index contributed by atoms with van der Waals surface area (Å²) in [5, 5.41) is 1.07. The minimum Gasteiger partial charge on any atom is -0.496 e.